The zero-order valence-electron chi connectivity index (χ0n) is 9.43. The average Bonchev–Trinajstić information content (AvgIpc) is 2.40. The molecule has 90 valence electrons. The van der Waals surface area contributed by atoms with E-state index in [0.717, 1.165) is 10.6 Å². The van der Waals surface area contributed by atoms with Crippen LogP contribution in [0.3, 0.4) is 0 Å². The van der Waals surface area contributed by atoms with Gasteiger partial charge in [0.15, 0.2) is 0 Å². The number of hydrogen-bond donors (Lipinski definition) is 1. The van der Waals surface area contributed by atoms with Gasteiger partial charge in [-0.15, -0.1) is 11.8 Å². The van der Waals surface area contributed by atoms with E-state index >= 15 is 0 Å². The third-order valence-electron chi connectivity index (χ3n) is 2.20. The number of benzene rings is 1. The van der Waals surface area contributed by atoms with Gasteiger partial charge in [-0.2, -0.15) is 0 Å². The van der Waals surface area contributed by atoms with Gasteiger partial charge in [0.1, 0.15) is 19.5 Å². The minimum Gasteiger partial charge on any atom is -0.494 e. The Hall–Kier alpha value is -1.62. The van der Waals surface area contributed by atoms with E-state index in [9.17, 15) is 4.79 Å². The minimum atomic E-state index is -0.289. The molecule has 0 unspecified atom stereocenters. The van der Waals surface area contributed by atoms with Crippen LogP contribution in [0.15, 0.2) is 41.2 Å². The zero-order chi connectivity index (χ0) is 12.1. The van der Waals surface area contributed by atoms with Crippen molar-refractivity contribution in [1.29, 1.82) is 0 Å². The first-order chi connectivity index (χ1) is 8.29. The molecular formula is C12H13NO3S. The van der Waals surface area contributed by atoms with E-state index in [1.807, 2.05) is 30.5 Å². The Balaban J connectivity index is 2.04. The number of carbonyl (C=O) groups excluding carboxylic acids is 1. The fourth-order valence-electron chi connectivity index (χ4n) is 1.38. The lowest BCUT2D eigenvalue weighted by Crippen LogP contribution is -2.21. The quantitative estimate of drug-likeness (QED) is 0.837. The topological polar surface area (TPSA) is 47.6 Å². The van der Waals surface area contributed by atoms with Gasteiger partial charge in [-0.3, -0.25) is 4.79 Å². The van der Waals surface area contributed by atoms with E-state index in [4.69, 9.17) is 9.47 Å². The molecule has 5 heteroatoms. The lowest BCUT2D eigenvalue weighted by atomic mass is 10.3. The summed E-state index contributed by atoms with van der Waals surface area (Å²) in [6, 6.07) is 7.63. The number of carbonyl (C=O) groups is 1. The maximum atomic E-state index is 11.8. The maximum Gasteiger partial charge on any atom is 0.294 e. The van der Waals surface area contributed by atoms with Crippen LogP contribution >= 0.6 is 11.8 Å². The summed E-state index contributed by atoms with van der Waals surface area (Å²) in [6.07, 6.45) is 3.33. The number of nitrogens with one attached hydrogen (secondary N) is 1. The van der Waals surface area contributed by atoms with Gasteiger partial charge in [0.2, 0.25) is 5.76 Å². The summed E-state index contributed by atoms with van der Waals surface area (Å²) in [6.45, 7) is 0.892. The standard InChI is InChI=1S/C12H13NO3S/c1-17-10-4-2-3-9(7-10)13-12(14)11-8-15-5-6-16-11/h2-4,7-8H,5-6H2,1H3,(H,13,14). The molecule has 0 radical (unpaired) electrons. The Kier molecular flexibility index (Phi) is 3.93. The Morgan fingerprint density at radius 3 is 3.00 bits per heavy atom. The van der Waals surface area contributed by atoms with Gasteiger partial charge < -0.3 is 14.8 Å². The highest BCUT2D eigenvalue weighted by Crippen LogP contribution is 2.19. The van der Waals surface area contributed by atoms with Crippen molar-refractivity contribution in [1.82, 2.24) is 0 Å². The molecule has 1 aliphatic heterocycles. The summed E-state index contributed by atoms with van der Waals surface area (Å²) in [5.74, 6) is -0.0752. The molecule has 0 spiro atoms. The zero-order valence-corrected chi connectivity index (χ0v) is 10.3. The van der Waals surface area contributed by atoms with Crippen molar-refractivity contribution in [3.63, 3.8) is 0 Å². The fraction of sp³-hybridized carbons (Fsp3) is 0.250. The monoisotopic (exact) mass is 251 g/mol. The Morgan fingerprint density at radius 2 is 2.29 bits per heavy atom. The second-order valence-electron chi connectivity index (χ2n) is 3.39. The van der Waals surface area contributed by atoms with Crippen LogP contribution in [0.2, 0.25) is 0 Å². The van der Waals surface area contributed by atoms with Crippen molar-refractivity contribution < 1.29 is 14.3 Å². The van der Waals surface area contributed by atoms with E-state index in [1.54, 1.807) is 11.8 Å². The van der Waals surface area contributed by atoms with Gasteiger partial charge in [0.25, 0.3) is 5.91 Å². The van der Waals surface area contributed by atoms with Gasteiger partial charge in [0, 0.05) is 10.6 Å². The highest BCUT2D eigenvalue weighted by atomic mass is 32.2. The van der Waals surface area contributed by atoms with Crippen LogP contribution in [0, 0.1) is 0 Å². The van der Waals surface area contributed by atoms with Crippen molar-refractivity contribution in [2.75, 3.05) is 24.8 Å². The molecule has 1 aromatic rings. The summed E-state index contributed by atoms with van der Waals surface area (Å²) in [4.78, 5) is 12.9. The Bertz CT molecular complexity index is 445. The SMILES string of the molecule is CSc1cccc(NC(=O)C2=COCCO2)c1. The Labute approximate surface area is 104 Å². The van der Waals surface area contributed by atoms with Crippen LogP contribution < -0.4 is 5.32 Å². The van der Waals surface area contributed by atoms with Crippen molar-refractivity contribution in [2.45, 2.75) is 4.90 Å². The first kappa shape index (κ1) is 11.9. The van der Waals surface area contributed by atoms with Crippen LogP contribution in [0.1, 0.15) is 0 Å². The van der Waals surface area contributed by atoms with E-state index in [0.29, 0.717) is 13.2 Å². The van der Waals surface area contributed by atoms with Crippen LogP contribution in [0.4, 0.5) is 5.69 Å². The van der Waals surface area contributed by atoms with Crippen LogP contribution in [-0.2, 0) is 14.3 Å². The van der Waals surface area contributed by atoms with Gasteiger partial charge in [-0.25, -0.2) is 0 Å². The number of thioether (sulfide) groups is 1. The molecule has 1 aliphatic rings. The molecule has 1 heterocycles. The van der Waals surface area contributed by atoms with Crippen molar-refractivity contribution in [2.24, 2.45) is 0 Å². The first-order valence-electron chi connectivity index (χ1n) is 5.19. The molecule has 0 aromatic heterocycles. The summed E-state index contributed by atoms with van der Waals surface area (Å²) in [5, 5.41) is 2.76. The average molecular weight is 251 g/mol. The third-order valence-corrected chi connectivity index (χ3v) is 2.93. The minimum absolute atomic E-state index is 0.214. The number of amides is 1. The molecule has 0 saturated heterocycles. The van der Waals surface area contributed by atoms with Crippen LogP contribution in [0.25, 0.3) is 0 Å². The van der Waals surface area contributed by atoms with Gasteiger partial charge in [0.05, 0.1) is 0 Å². The fourth-order valence-corrected chi connectivity index (χ4v) is 1.84. The van der Waals surface area contributed by atoms with Crippen LogP contribution in [0.5, 0.6) is 0 Å². The van der Waals surface area contributed by atoms with Gasteiger partial charge in [-0.1, -0.05) is 6.07 Å². The van der Waals surface area contributed by atoms with Crippen molar-refractivity contribution in [3.8, 4) is 0 Å². The van der Waals surface area contributed by atoms with Gasteiger partial charge in [-0.05, 0) is 24.5 Å². The molecule has 0 atom stereocenters. The first-order valence-corrected chi connectivity index (χ1v) is 6.42. The van der Waals surface area contributed by atoms with Crippen molar-refractivity contribution >= 4 is 23.4 Å². The number of ether oxygens (including phenoxy) is 2. The van der Waals surface area contributed by atoms with E-state index in [-0.39, 0.29) is 11.7 Å². The number of hydrogen-bond acceptors (Lipinski definition) is 4. The summed E-state index contributed by atoms with van der Waals surface area (Å²) in [7, 11) is 0. The maximum absolute atomic E-state index is 11.8. The third kappa shape index (κ3) is 3.17. The van der Waals surface area contributed by atoms with Gasteiger partial charge >= 0.3 is 0 Å². The lowest BCUT2D eigenvalue weighted by molar-refractivity contribution is -0.117. The molecule has 2 rings (SSSR count). The van der Waals surface area contributed by atoms with E-state index in [2.05, 4.69) is 5.32 Å². The molecule has 17 heavy (non-hydrogen) atoms. The highest BCUT2D eigenvalue weighted by Gasteiger charge is 2.14. The van der Waals surface area contributed by atoms with E-state index in [1.165, 1.54) is 6.26 Å². The second kappa shape index (κ2) is 5.63. The van der Waals surface area contributed by atoms with Crippen molar-refractivity contribution in [3.05, 3.63) is 36.3 Å². The predicted molar refractivity (Wildman–Crippen MR) is 66.8 cm³/mol. The summed E-state index contributed by atoms with van der Waals surface area (Å²) in [5.41, 5.74) is 0.747. The van der Waals surface area contributed by atoms with Crippen LogP contribution in [-0.4, -0.2) is 25.4 Å². The molecule has 0 saturated carbocycles. The largest absolute Gasteiger partial charge is 0.494 e. The molecule has 0 bridgehead atoms. The summed E-state index contributed by atoms with van der Waals surface area (Å²) >= 11 is 1.62. The molecule has 1 N–H and O–H groups in total. The second-order valence-corrected chi connectivity index (χ2v) is 4.27. The predicted octanol–water partition coefficient (Wildman–Crippen LogP) is 2.24. The molecule has 1 aromatic carbocycles. The molecule has 1 amide bonds. The number of anilines is 1. The lowest BCUT2D eigenvalue weighted by Gasteiger charge is -2.15. The van der Waals surface area contributed by atoms with E-state index < -0.39 is 0 Å². The molecule has 0 aliphatic carbocycles. The highest BCUT2D eigenvalue weighted by molar-refractivity contribution is 7.98. The summed E-state index contributed by atoms with van der Waals surface area (Å²) < 4.78 is 10.2. The molecular weight excluding hydrogens is 238 g/mol. The normalized spacial score (nSPS) is 14.3. The Morgan fingerprint density at radius 1 is 1.41 bits per heavy atom. The smallest absolute Gasteiger partial charge is 0.294 e. The number of rotatable bonds is 3. The molecule has 4 nitrogen and oxygen atoms in total. The molecule has 0 fully saturated rings.